The molecule has 0 rings (SSSR count). The quantitative estimate of drug-likeness (QED) is 0.0124. The summed E-state index contributed by atoms with van der Waals surface area (Å²) < 4.78 is 34.3. The van der Waals surface area contributed by atoms with Crippen LogP contribution in [0.4, 0.5) is 0 Å². The number of aliphatic hydroxyl groups excluding tert-OH is 1. The van der Waals surface area contributed by atoms with Crippen LogP contribution in [0, 0.1) is 0 Å². The van der Waals surface area contributed by atoms with Crippen LogP contribution in [0.15, 0.2) is 60.9 Å². The maximum atomic E-state index is 12.5. The Labute approximate surface area is 343 Å². The van der Waals surface area contributed by atoms with Crippen molar-refractivity contribution in [2.24, 2.45) is 0 Å². The molecule has 0 aromatic carbocycles. The number of ether oxygens (including phenoxy) is 2. The topological polar surface area (TPSA) is 114 Å². The predicted molar refractivity (Wildman–Crippen MR) is 232 cm³/mol. The summed E-state index contributed by atoms with van der Waals surface area (Å²) in [4.78, 5) is 24.8. The molecular weight excluding hydrogens is 725 g/mol. The average molecular weight is 810 g/mol. The number of phosphoric acid groups is 1. The fourth-order valence-corrected chi connectivity index (χ4v) is 6.39. The summed E-state index contributed by atoms with van der Waals surface area (Å²) in [6.07, 6.45) is 45.1. The molecule has 10 heteroatoms. The first-order chi connectivity index (χ1) is 27.0. The molecule has 0 bridgehead atoms. The number of aliphatic hydroxyl groups is 1. The van der Waals surface area contributed by atoms with E-state index in [4.69, 9.17) is 18.5 Å². The van der Waals surface area contributed by atoms with Crippen molar-refractivity contribution in [3.63, 3.8) is 0 Å². The molecule has 0 fully saturated rings. The summed E-state index contributed by atoms with van der Waals surface area (Å²) in [6, 6.07) is 0. The lowest BCUT2D eigenvalue weighted by Crippen LogP contribution is -2.37. The Hall–Kier alpha value is -2.00. The molecule has 0 aliphatic carbocycles. The number of rotatable bonds is 40. The lowest BCUT2D eigenvalue weighted by Gasteiger charge is -2.28. The molecule has 0 aromatic rings. The molecule has 0 heterocycles. The van der Waals surface area contributed by atoms with Crippen molar-refractivity contribution in [1.29, 1.82) is 0 Å². The van der Waals surface area contributed by atoms with Crippen molar-refractivity contribution in [2.45, 2.75) is 180 Å². The van der Waals surface area contributed by atoms with E-state index in [2.05, 4.69) is 19.9 Å². The highest BCUT2D eigenvalue weighted by molar-refractivity contribution is 7.45. The minimum atomic E-state index is -4.54. The second-order valence-electron chi connectivity index (χ2n) is 16.0. The second-order valence-corrected chi connectivity index (χ2v) is 17.4. The first-order valence-electron chi connectivity index (χ1n) is 22.2. The monoisotopic (exact) mass is 810 g/mol. The van der Waals surface area contributed by atoms with Crippen molar-refractivity contribution in [1.82, 2.24) is 0 Å². The highest BCUT2D eigenvalue weighted by Gasteiger charge is 2.19. The van der Waals surface area contributed by atoms with Gasteiger partial charge in [0.05, 0.1) is 40.1 Å². The van der Waals surface area contributed by atoms with Gasteiger partial charge in [-0.3, -0.25) is 9.36 Å². The van der Waals surface area contributed by atoms with Crippen LogP contribution in [0.1, 0.15) is 168 Å². The van der Waals surface area contributed by atoms with E-state index in [-0.39, 0.29) is 32.2 Å². The number of carbonyl (C=O) groups is 1. The van der Waals surface area contributed by atoms with Gasteiger partial charge >= 0.3 is 5.97 Å². The molecule has 0 aliphatic rings. The van der Waals surface area contributed by atoms with Crippen molar-refractivity contribution >= 4 is 13.8 Å². The number of hydrogen-bond acceptors (Lipinski definition) is 8. The van der Waals surface area contributed by atoms with E-state index in [1.165, 1.54) is 103 Å². The molecule has 0 saturated carbocycles. The van der Waals surface area contributed by atoms with Crippen molar-refractivity contribution in [2.75, 3.05) is 47.5 Å². The summed E-state index contributed by atoms with van der Waals surface area (Å²) in [5.41, 5.74) is 0. The average Bonchev–Trinajstić information content (AvgIpc) is 3.15. The summed E-state index contributed by atoms with van der Waals surface area (Å²) in [6.45, 7) is 4.52. The number of hydrogen-bond donors (Lipinski definition) is 1. The number of unbranched alkanes of at least 4 members (excludes halogenated alkanes) is 18. The number of allylic oxidation sites excluding steroid dienone is 7. The Morgan fingerprint density at radius 1 is 0.679 bits per heavy atom. The summed E-state index contributed by atoms with van der Waals surface area (Å²) in [5, 5.41) is 10.1. The fourth-order valence-electron chi connectivity index (χ4n) is 5.66. The number of phosphoric ester groups is 1. The molecule has 0 aromatic heterocycles. The number of nitrogens with zero attached hydrogens (tertiary/aromatic N) is 1. The third-order valence-electron chi connectivity index (χ3n) is 9.24. The van der Waals surface area contributed by atoms with Gasteiger partial charge in [0.15, 0.2) is 6.10 Å². The Balaban J connectivity index is 4.44. The van der Waals surface area contributed by atoms with Gasteiger partial charge in [0, 0.05) is 6.42 Å². The minimum Gasteiger partial charge on any atom is -0.756 e. The zero-order valence-electron chi connectivity index (χ0n) is 36.4. The van der Waals surface area contributed by atoms with E-state index in [0.29, 0.717) is 23.9 Å². The summed E-state index contributed by atoms with van der Waals surface area (Å²) in [5.74, 6) is -0.374. The largest absolute Gasteiger partial charge is 0.756 e. The highest BCUT2D eigenvalue weighted by atomic mass is 31.2. The van der Waals surface area contributed by atoms with Gasteiger partial charge in [0.1, 0.15) is 19.8 Å². The van der Waals surface area contributed by atoms with Crippen LogP contribution in [-0.2, 0) is 27.9 Å². The highest BCUT2D eigenvalue weighted by Crippen LogP contribution is 2.38. The molecule has 1 N–H and O–H groups in total. The number of likely N-dealkylation sites (N-methyl/N-ethyl adjacent to an activating group) is 1. The molecule has 0 aliphatic heterocycles. The van der Waals surface area contributed by atoms with Crippen molar-refractivity contribution in [3.8, 4) is 0 Å². The van der Waals surface area contributed by atoms with E-state index in [0.717, 1.165) is 32.1 Å². The molecule has 0 amide bonds. The zero-order valence-corrected chi connectivity index (χ0v) is 37.3. The van der Waals surface area contributed by atoms with Gasteiger partial charge in [0.2, 0.25) is 0 Å². The van der Waals surface area contributed by atoms with E-state index >= 15 is 0 Å². The van der Waals surface area contributed by atoms with Crippen molar-refractivity contribution < 1.29 is 42.4 Å². The Morgan fingerprint density at radius 3 is 1.88 bits per heavy atom. The maximum absolute atomic E-state index is 12.5. The number of esters is 1. The zero-order chi connectivity index (χ0) is 41.4. The van der Waals surface area contributed by atoms with Crippen LogP contribution >= 0.6 is 7.82 Å². The lowest BCUT2D eigenvalue weighted by molar-refractivity contribution is -0.870. The smallest absolute Gasteiger partial charge is 0.305 e. The fraction of sp³-hybridized carbons (Fsp3) is 0.761. The SMILES string of the molecule is CCCCC/C=C\C=C/[C@@H](O)C/C=C\C/C=C/CCCC(=O)OC[C@H](COP(=O)([O-])OCC[N+](C)(C)C)O/C=C/CCCCCCCCCCCCCCCC. The minimum absolute atomic E-state index is 0.00665. The number of carbonyl (C=O) groups excluding carboxylic acids is 1. The van der Waals surface area contributed by atoms with Gasteiger partial charge < -0.3 is 33.0 Å². The van der Waals surface area contributed by atoms with Gasteiger partial charge in [-0.2, -0.15) is 0 Å². The standard InChI is InChI=1S/C46H84NO8P/c1-6-8-10-12-14-15-16-17-18-19-20-21-22-27-31-35-40-52-45(43-55-56(50,51)54-41-39-47(3,4)5)42-53-46(49)38-34-30-26-23-25-29-33-37-44(48)36-32-28-24-13-11-9-7-2/h23-24,26,28-29,32-33,35-36,40,44-45,48H,6-22,25,27,30-31,34,37-39,41-43H2,1-5H3/b26-23+,28-24-,33-29-,36-32-,40-35+/t44-,45-/m1/s1. The first-order valence-corrected chi connectivity index (χ1v) is 23.6. The molecule has 0 radical (unpaired) electrons. The molecule has 9 nitrogen and oxygen atoms in total. The molecule has 1 unspecified atom stereocenters. The Kier molecular flexibility index (Phi) is 37.1. The van der Waals surface area contributed by atoms with Crippen LogP contribution in [-0.4, -0.2) is 75.3 Å². The normalized spacial score (nSPS) is 14.8. The predicted octanol–water partition coefficient (Wildman–Crippen LogP) is 11.6. The number of quaternary nitrogens is 1. The molecule has 0 spiro atoms. The molecule has 3 atom stereocenters. The van der Waals surface area contributed by atoms with Crippen molar-refractivity contribution in [3.05, 3.63) is 60.9 Å². The van der Waals surface area contributed by atoms with Crippen LogP contribution in [0.3, 0.4) is 0 Å². The van der Waals surface area contributed by atoms with E-state index in [1.54, 1.807) is 12.3 Å². The van der Waals surface area contributed by atoms with E-state index in [9.17, 15) is 19.4 Å². The van der Waals surface area contributed by atoms with Crippen LogP contribution in [0.25, 0.3) is 0 Å². The van der Waals surface area contributed by atoms with Gasteiger partial charge in [-0.05, 0) is 57.4 Å². The van der Waals surface area contributed by atoms with Crippen LogP contribution in [0.2, 0.25) is 0 Å². The van der Waals surface area contributed by atoms with Gasteiger partial charge in [-0.1, -0.05) is 159 Å². The van der Waals surface area contributed by atoms with Gasteiger partial charge in [-0.25, -0.2) is 0 Å². The summed E-state index contributed by atoms with van der Waals surface area (Å²) >= 11 is 0. The molecule has 326 valence electrons. The van der Waals surface area contributed by atoms with E-state index in [1.807, 2.05) is 63.7 Å². The Morgan fingerprint density at radius 2 is 1.23 bits per heavy atom. The third-order valence-corrected chi connectivity index (χ3v) is 10.2. The second kappa shape index (κ2) is 38.5. The van der Waals surface area contributed by atoms with Crippen LogP contribution < -0.4 is 4.89 Å². The lowest BCUT2D eigenvalue weighted by atomic mass is 10.0. The Bertz CT molecular complexity index is 1100. The first kappa shape index (κ1) is 54.0. The van der Waals surface area contributed by atoms with Gasteiger partial charge in [0.25, 0.3) is 7.82 Å². The van der Waals surface area contributed by atoms with Crippen LogP contribution in [0.5, 0.6) is 0 Å². The summed E-state index contributed by atoms with van der Waals surface area (Å²) in [7, 11) is 1.29. The molecular formula is C46H84NO8P. The van der Waals surface area contributed by atoms with Gasteiger partial charge in [-0.15, -0.1) is 0 Å². The maximum Gasteiger partial charge on any atom is 0.305 e. The molecule has 56 heavy (non-hydrogen) atoms. The third kappa shape index (κ3) is 41.6. The molecule has 0 saturated heterocycles. The van der Waals surface area contributed by atoms with E-state index < -0.39 is 20.0 Å².